The van der Waals surface area contributed by atoms with Gasteiger partial charge in [-0.15, -0.1) is 0 Å². The number of H-pyrrole nitrogens is 1. The average molecular weight is 390 g/mol. The number of rotatable bonds is 5. The zero-order valence-corrected chi connectivity index (χ0v) is 15.0. The number of aromatic nitrogens is 3. The number of nitrogens with zero attached hydrogens (tertiary/aromatic N) is 2. The summed E-state index contributed by atoms with van der Waals surface area (Å²) in [7, 11) is 4.74. The molecule has 0 fully saturated rings. The summed E-state index contributed by atoms with van der Waals surface area (Å²) >= 11 is 3.43. The third kappa shape index (κ3) is 2.94. The first kappa shape index (κ1) is 16.3. The third-order valence-corrected chi connectivity index (χ3v) is 4.13. The van der Waals surface area contributed by atoms with Crippen molar-refractivity contribution in [3.8, 4) is 39.8 Å². The van der Waals surface area contributed by atoms with Crippen LogP contribution in [-0.4, -0.2) is 36.7 Å². The molecule has 3 rings (SSSR count). The van der Waals surface area contributed by atoms with Crippen molar-refractivity contribution in [2.24, 2.45) is 0 Å². The fourth-order valence-electron chi connectivity index (χ4n) is 2.46. The normalized spacial score (nSPS) is 10.5. The second-order valence-corrected chi connectivity index (χ2v) is 5.86. The molecule has 24 heavy (non-hydrogen) atoms. The molecule has 0 amide bonds. The van der Waals surface area contributed by atoms with E-state index in [0.717, 1.165) is 21.3 Å². The summed E-state index contributed by atoms with van der Waals surface area (Å²) in [6.45, 7) is 0. The van der Waals surface area contributed by atoms with Crippen molar-refractivity contribution in [3.05, 3.63) is 40.9 Å². The summed E-state index contributed by atoms with van der Waals surface area (Å²) in [6, 6.07) is 11.6. The monoisotopic (exact) mass is 389 g/mol. The van der Waals surface area contributed by atoms with Crippen molar-refractivity contribution in [2.75, 3.05) is 21.3 Å². The fourth-order valence-corrected chi connectivity index (χ4v) is 2.72. The second kappa shape index (κ2) is 6.92. The predicted molar refractivity (Wildman–Crippen MR) is 94.6 cm³/mol. The Hall–Kier alpha value is -2.54. The zero-order valence-electron chi connectivity index (χ0n) is 13.5. The molecular weight excluding hydrogens is 374 g/mol. The van der Waals surface area contributed by atoms with Crippen molar-refractivity contribution in [1.82, 2.24) is 15.4 Å². The Morgan fingerprint density at radius 3 is 1.83 bits per heavy atom. The van der Waals surface area contributed by atoms with Crippen LogP contribution in [0.15, 0.2) is 40.9 Å². The lowest BCUT2D eigenvalue weighted by molar-refractivity contribution is 0.324. The van der Waals surface area contributed by atoms with Crippen molar-refractivity contribution in [1.29, 1.82) is 0 Å². The maximum absolute atomic E-state index is 5.41. The van der Waals surface area contributed by atoms with Crippen LogP contribution in [-0.2, 0) is 0 Å². The van der Waals surface area contributed by atoms with Gasteiger partial charge in [0.05, 0.1) is 21.3 Å². The molecule has 0 atom stereocenters. The minimum atomic E-state index is 0.539. The lowest BCUT2D eigenvalue weighted by Crippen LogP contribution is -1.96. The van der Waals surface area contributed by atoms with Gasteiger partial charge in [0.15, 0.2) is 11.5 Å². The van der Waals surface area contributed by atoms with Crippen LogP contribution in [0.3, 0.4) is 0 Å². The van der Waals surface area contributed by atoms with Gasteiger partial charge in [-0.1, -0.05) is 28.1 Å². The number of benzene rings is 2. The van der Waals surface area contributed by atoms with Gasteiger partial charge in [-0.25, -0.2) is 0 Å². The van der Waals surface area contributed by atoms with Crippen molar-refractivity contribution < 1.29 is 14.2 Å². The van der Waals surface area contributed by atoms with E-state index in [0.29, 0.717) is 22.9 Å². The van der Waals surface area contributed by atoms with Crippen LogP contribution in [0.2, 0.25) is 0 Å². The zero-order chi connectivity index (χ0) is 17.1. The van der Waals surface area contributed by atoms with Crippen LogP contribution in [0, 0.1) is 0 Å². The van der Waals surface area contributed by atoms with Crippen molar-refractivity contribution >= 4 is 15.9 Å². The molecule has 2 aromatic carbocycles. The Kier molecular flexibility index (Phi) is 4.71. The number of nitrogens with one attached hydrogen (secondary N) is 1. The van der Waals surface area contributed by atoms with E-state index >= 15 is 0 Å². The molecule has 1 heterocycles. The maximum atomic E-state index is 5.41. The highest BCUT2D eigenvalue weighted by atomic mass is 79.9. The predicted octanol–water partition coefficient (Wildman–Crippen LogP) is 3.93. The number of hydrogen-bond acceptors (Lipinski definition) is 5. The molecule has 1 aromatic heterocycles. The smallest absolute Gasteiger partial charge is 0.203 e. The molecule has 1 N–H and O–H groups in total. The molecule has 0 saturated carbocycles. The van der Waals surface area contributed by atoms with Gasteiger partial charge >= 0.3 is 0 Å². The van der Waals surface area contributed by atoms with Gasteiger partial charge in [-0.3, -0.25) is 0 Å². The van der Waals surface area contributed by atoms with E-state index in [1.807, 2.05) is 36.4 Å². The molecule has 3 aromatic rings. The molecule has 0 radical (unpaired) electrons. The highest BCUT2D eigenvalue weighted by Crippen LogP contribution is 2.42. The van der Waals surface area contributed by atoms with E-state index in [-0.39, 0.29) is 0 Å². The molecule has 0 spiro atoms. The Balaban J connectivity index is 2.14. The van der Waals surface area contributed by atoms with E-state index in [1.54, 1.807) is 21.3 Å². The lowest BCUT2D eigenvalue weighted by atomic mass is 10.0. The van der Waals surface area contributed by atoms with Gasteiger partial charge in [-0.05, 0) is 24.3 Å². The highest BCUT2D eigenvalue weighted by molar-refractivity contribution is 9.10. The summed E-state index contributed by atoms with van der Waals surface area (Å²) in [5.41, 5.74) is 3.22. The average Bonchev–Trinajstić information content (AvgIpc) is 3.10. The number of ether oxygens (including phenoxy) is 3. The van der Waals surface area contributed by atoms with E-state index in [9.17, 15) is 0 Å². The van der Waals surface area contributed by atoms with Crippen LogP contribution in [0.4, 0.5) is 0 Å². The van der Waals surface area contributed by atoms with Gasteiger partial charge in [0, 0.05) is 15.6 Å². The molecule has 0 saturated heterocycles. The number of aromatic amines is 1. The lowest BCUT2D eigenvalue weighted by Gasteiger charge is -2.13. The largest absolute Gasteiger partial charge is 0.493 e. The molecule has 6 nitrogen and oxygen atoms in total. The van der Waals surface area contributed by atoms with Crippen molar-refractivity contribution in [3.63, 3.8) is 0 Å². The summed E-state index contributed by atoms with van der Waals surface area (Å²) in [4.78, 5) is 0. The van der Waals surface area contributed by atoms with E-state index in [1.165, 1.54) is 0 Å². The van der Waals surface area contributed by atoms with Crippen LogP contribution in [0.1, 0.15) is 0 Å². The standard InChI is InChI=1S/C17H16BrN3O3/c1-22-13-8-11(9-14(23-2)17(13)24-3)16-15(19-21-20-16)10-4-6-12(18)7-5-10/h4-9H,1-3H3,(H,19,20,21). The fraction of sp³-hybridized carbons (Fsp3) is 0.176. The molecule has 0 aliphatic heterocycles. The Labute approximate surface area is 147 Å². The Morgan fingerprint density at radius 1 is 0.792 bits per heavy atom. The van der Waals surface area contributed by atoms with Gasteiger partial charge in [0.1, 0.15) is 11.4 Å². The van der Waals surface area contributed by atoms with E-state index < -0.39 is 0 Å². The van der Waals surface area contributed by atoms with E-state index in [2.05, 4.69) is 31.3 Å². The summed E-state index contributed by atoms with van der Waals surface area (Å²) < 4.78 is 17.2. The van der Waals surface area contributed by atoms with Gasteiger partial charge < -0.3 is 14.2 Å². The summed E-state index contributed by atoms with van der Waals surface area (Å²) in [5.74, 6) is 1.67. The van der Waals surface area contributed by atoms with Crippen LogP contribution in [0.5, 0.6) is 17.2 Å². The summed E-state index contributed by atoms with van der Waals surface area (Å²) in [5, 5.41) is 11.3. The minimum absolute atomic E-state index is 0.539. The SMILES string of the molecule is COc1cc(-c2n[nH]nc2-c2ccc(Br)cc2)cc(OC)c1OC. The quantitative estimate of drug-likeness (QED) is 0.715. The molecular formula is C17H16BrN3O3. The minimum Gasteiger partial charge on any atom is -0.493 e. The number of methoxy groups -OCH3 is 3. The van der Waals surface area contributed by atoms with Crippen molar-refractivity contribution in [2.45, 2.75) is 0 Å². The molecule has 0 unspecified atom stereocenters. The van der Waals surface area contributed by atoms with Crippen LogP contribution < -0.4 is 14.2 Å². The number of hydrogen-bond donors (Lipinski definition) is 1. The first-order valence-corrected chi connectivity index (χ1v) is 7.94. The third-order valence-electron chi connectivity index (χ3n) is 3.60. The van der Waals surface area contributed by atoms with Gasteiger partial charge in [0.25, 0.3) is 0 Å². The highest BCUT2D eigenvalue weighted by Gasteiger charge is 2.18. The van der Waals surface area contributed by atoms with Crippen LogP contribution in [0.25, 0.3) is 22.5 Å². The maximum Gasteiger partial charge on any atom is 0.203 e. The Morgan fingerprint density at radius 2 is 1.33 bits per heavy atom. The molecule has 0 aliphatic rings. The Bertz CT molecular complexity index is 822. The number of halogens is 1. The topological polar surface area (TPSA) is 69.3 Å². The van der Waals surface area contributed by atoms with Gasteiger partial charge in [0.2, 0.25) is 5.75 Å². The second-order valence-electron chi connectivity index (χ2n) is 4.94. The molecule has 124 valence electrons. The first-order chi connectivity index (χ1) is 11.7. The molecule has 7 heteroatoms. The van der Waals surface area contributed by atoms with E-state index in [4.69, 9.17) is 14.2 Å². The van der Waals surface area contributed by atoms with Crippen LogP contribution >= 0.6 is 15.9 Å². The van der Waals surface area contributed by atoms with Gasteiger partial charge in [-0.2, -0.15) is 15.4 Å². The molecule has 0 bridgehead atoms. The first-order valence-electron chi connectivity index (χ1n) is 7.15. The molecule has 0 aliphatic carbocycles. The summed E-state index contributed by atoms with van der Waals surface area (Å²) in [6.07, 6.45) is 0.